The Morgan fingerprint density at radius 1 is 1.12 bits per heavy atom. The summed E-state index contributed by atoms with van der Waals surface area (Å²) in [5.74, 6) is 0.641. The van der Waals surface area contributed by atoms with Gasteiger partial charge in [0.1, 0.15) is 11.5 Å². The van der Waals surface area contributed by atoms with Crippen molar-refractivity contribution in [1.82, 2.24) is 4.72 Å². The Labute approximate surface area is 152 Å². The highest BCUT2D eigenvalue weighted by Gasteiger charge is 2.15. The smallest absolute Gasteiger partial charge is 0.255 e. The maximum Gasteiger partial charge on any atom is 0.255 e. The summed E-state index contributed by atoms with van der Waals surface area (Å²) in [6.07, 6.45) is 1.45. The molecule has 0 saturated carbocycles. The fraction of sp³-hybridized carbons (Fsp3) is 0.167. The van der Waals surface area contributed by atoms with E-state index in [-0.39, 0.29) is 11.4 Å². The highest BCUT2D eigenvalue weighted by atomic mass is 32.2. The summed E-state index contributed by atoms with van der Waals surface area (Å²) < 4.78 is 36.8. The summed E-state index contributed by atoms with van der Waals surface area (Å²) in [6.45, 7) is 3.59. The second kappa shape index (κ2) is 8.50. The van der Waals surface area contributed by atoms with Gasteiger partial charge < -0.3 is 14.8 Å². The zero-order chi connectivity index (χ0) is 19.2. The number of anilines is 1. The topological polar surface area (TPSA) is 93.7 Å². The van der Waals surface area contributed by atoms with Gasteiger partial charge in [0.15, 0.2) is 0 Å². The number of sulfonamides is 1. The van der Waals surface area contributed by atoms with Gasteiger partial charge in [0, 0.05) is 18.2 Å². The van der Waals surface area contributed by atoms with Crippen LogP contribution in [0.15, 0.2) is 60.0 Å². The monoisotopic (exact) mass is 376 g/mol. The van der Waals surface area contributed by atoms with Crippen LogP contribution < -0.4 is 19.5 Å². The largest absolute Gasteiger partial charge is 0.497 e. The molecule has 26 heavy (non-hydrogen) atoms. The quantitative estimate of drug-likeness (QED) is 0.690. The van der Waals surface area contributed by atoms with E-state index in [4.69, 9.17) is 9.47 Å². The van der Waals surface area contributed by atoms with Crippen molar-refractivity contribution in [2.75, 3.05) is 26.1 Å². The molecule has 138 valence electrons. The molecule has 2 N–H and O–H groups in total. The minimum absolute atomic E-state index is 0.0647. The molecule has 2 aromatic carbocycles. The summed E-state index contributed by atoms with van der Waals surface area (Å²) in [5, 5.41) is 2.72. The van der Waals surface area contributed by atoms with Crippen LogP contribution in [-0.2, 0) is 10.0 Å². The van der Waals surface area contributed by atoms with Gasteiger partial charge >= 0.3 is 0 Å². The van der Waals surface area contributed by atoms with Crippen LogP contribution in [0.25, 0.3) is 0 Å². The minimum atomic E-state index is -3.63. The molecule has 0 heterocycles. The first-order valence-electron chi connectivity index (χ1n) is 7.65. The number of rotatable bonds is 8. The molecule has 0 aliphatic carbocycles. The molecule has 2 rings (SSSR count). The highest BCUT2D eigenvalue weighted by molar-refractivity contribution is 7.89. The molecule has 0 aliphatic heterocycles. The summed E-state index contributed by atoms with van der Waals surface area (Å²) >= 11 is 0. The van der Waals surface area contributed by atoms with Crippen molar-refractivity contribution in [2.45, 2.75) is 4.90 Å². The minimum Gasteiger partial charge on any atom is -0.497 e. The number of ether oxygens (including phenoxy) is 2. The number of benzene rings is 2. The second-order valence-corrected chi connectivity index (χ2v) is 6.95. The van der Waals surface area contributed by atoms with Crippen molar-refractivity contribution in [1.29, 1.82) is 0 Å². The lowest BCUT2D eigenvalue weighted by Crippen LogP contribution is -2.23. The molecule has 0 radical (unpaired) electrons. The molecule has 8 heteroatoms. The first-order chi connectivity index (χ1) is 12.4. The van der Waals surface area contributed by atoms with Gasteiger partial charge in [-0.25, -0.2) is 13.1 Å². The van der Waals surface area contributed by atoms with Gasteiger partial charge in [-0.2, -0.15) is 0 Å². The summed E-state index contributed by atoms with van der Waals surface area (Å²) in [4.78, 5) is 12.5. The molecule has 0 bridgehead atoms. The van der Waals surface area contributed by atoms with Gasteiger partial charge in [-0.3, -0.25) is 4.79 Å². The Hall–Kier alpha value is -2.84. The molecule has 2 aromatic rings. The molecule has 0 unspecified atom stereocenters. The fourth-order valence-electron chi connectivity index (χ4n) is 2.14. The lowest BCUT2D eigenvalue weighted by Gasteiger charge is -2.12. The van der Waals surface area contributed by atoms with E-state index in [1.807, 2.05) is 0 Å². The molecule has 0 aliphatic rings. The number of carbonyl (C=O) groups is 1. The van der Waals surface area contributed by atoms with E-state index in [9.17, 15) is 13.2 Å². The molecule has 0 saturated heterocycles. The van der Waals surface area contributed by atoms with Gasteiger partial charge in [0.05, 0.1) is 24.8 Å². The van der Waals surface area contributed by atoms with Crippen LogP contribution in [0.3, 0.4) is 0 Å². The van der Waals surface area contributed by atoms with Crippen LogP contribution in [0.5, 0.6) is 11.5 Å². The van der Waals surface area contributed by atoms with Gasteiger partial charge in [-0.1, -0.05) is 6.08 Å². The van der Waals surface area contributed by atoms with E-state index in [0.29, 0.717) is 22.7 Å². The summed E-state index contributed by atoms with van der Waals surface area (Å²) in [5.41, 5.74) is 0.749. The standard InChI is InChI=1S/C18H20N2O5S/c1-4-11-19-26(22,23)15-8-5-13(6-9-15)18(21)20-16-12-14(24-2)7-10-17(16)25-3/h4-10,12,19H,1,11H2,2-3H3,(H,20,21). The van der Waals surface area contributed by atoms with E-state index >= 15 is 0 Å². The Balaban J connectivity index is 2.20. The number of hydrogen-bond donors (Lipinski definition) is 2. The van der Waals surface area contributed by atoms with E-state index in [0.717, 1.165) is 0 Å². The maximum atomic E-state index is 12.4. The van der Waals surface area contributed by atoms with Crippen molar-refractivity contribution in [3.8, 4) is 11.5 Å². The number of hydrogen-bond acceptors (Lipinski definition) is 5. The highest BCUT2D eigenvalue weighted by Crippen LogP contribution is 2.29. The normalized spacial score (nSPS) is 10.8. The molecular weight excluding hydrogens is 356 g/mol. The van der Waals surface area contributed by atoms with Gasteiger partial charge in [-0.05, 0) is 36.4 Å². The first-order valence-corrected chi connectivity index (χ1v) is 9.13. The van der Waals surface area contributed by atoms with Gasteiger partial charge in [0.2, 0.25) is 10.0 Å². The summed E-state index contributed by atoms with van der Waals surface area (Å²) in [7, 11) is -0.619. The van der Waals surface area contributed by atoms with Crippen LogP contribution in [0.1, 0.15) is 10.4 Å². The van der Waals surface area contributed by atoms with Crippen LogP contribution >= 0.6 is 0 Å². The van der Waals surface area contributed by atoms with E-state index in [1.165, 1.54) is 44.6 Å². The molecule has 0 aromatic heterocycles. The van der Waals surface area contributed by atoms with Crippen molar-refractivity contribution in [2.24, 2.45) is 0 Å². The van der Waals surface area contributed by atoms with E-state index in [2.05, 4.69) is 16.6 Å². The Bertz CT molecular complexity index is 892. The zero-order valence-corrected chi connectivity index (χ0v) is 15.3. The lowest BCUT2D eigenvalue weighted by molar-refractivity contribution is 0.102. The Morgan fingerprint density at radius 3 is 2.38 bits per heavy atom. The Kier molecular flexibility index (Phi) is 6.37. The SMILES string of the molecule is C=CCNS(=O)(=O)c1ccc(C(=O)Nc2cc(OC)ccc2OC)cc1. The predicted molar refractivity (Wildman–Crippen MR) is 99.3 cm³/mol. The van der Waals surface area contributed by atoms with Crippen molar-refractivity contribution < 1.29 is 22.7 Å². The van der Waals surface area contributed by atoms with Crippen LogP contribution in [0.4, 0.5) is 5.69 Å². The number of amides is 1. The third-order valence-corrected chi connectivity index (χ3v) is 4.94. The average molecular weight is 376 g/mol. The first kappa shape index (κ1) is 19.5. The van der Waals surface area contributed by atoms with Crippen LogP contribution in [-0.4, -0.2) is 35.1 Å². The van der Waals surface area contributed by atoms with Crippen molar-refractivity contribution in [3.05, 3.63) is 60.7 Å². The molecular formula is C18H20N2O5S. The molecule has 0 spiro atoms. The third-order valence-electron chi connectivity index (χ3n) is 3.50. The van der Waals surface area contributed by atoms with Crippen molar-refractivity contribution >= 4 is 21.6 Å². The second-order valence-electron chi connectivity index (χ2n) is 5.19. The van der Waals surface area contributed by atoms with E-state index in [1.54, 1.807) is 18.2 Å². The number of methoxy groups -OCH3 is 2. The number of carbonyl (C=O) groups excluding carboxylic acids is 1. The molecule has 1 amide bonds. The molecule has 0 fully saturated rings. The maximum absolute atomic E-state index is 12.4. The van der Waals surface area contributed by atoms with E-state index < -0.39 is 15.9 Å². The number of nitrogens with one attached hydrogen (secondary N) is 2. The predicted octanol–water partition coefficient (Wildman–Crippen LogP) is 2.42. The fourth-order valence-corrected chi connectivity index (χ4v) is 3.14. The van der Waals surface area contributed by atoms with Crippen LogP contribution in [0, 0.1) is 0 Å². The summed E-state index contributed by atoms with van der Waals surface area (Å²) in [6, 6.07) is 10.6. The zero-order valence-electron chi connectivity index (χ0n) is 14.5. The Morgan fingerprint density at radius 2 is 1.81 bits per heavy atom. The average Bonchev–Trinajstić information content (AvgIpc) is 2.66. The van der Waals surface area contributed by atoms with Crippen LogP contribution in [0.2, 0.25) is 0 Å². The molecule has 7 nitrogen and oxygen atoms in total. The van der Waals surface area contributed by atoms with Gasteiger partial charge in [0.25, 0.3) is 5.91 Å². The van der Waals surface area contributed by atoms with Gasteiger partial charge in [-0.15, -0.1) is 6.58 Å². The third kappa shape index (κ3) is 4.62. The molecule has 0 atom stereocenters. The lowest BCUT2D eigenvalue weighted by atomic mass is 10.2. The van der Waals surface area contributed by atoms with Crippen molar-refractivity contribution in [3.63, 3.8) is 0 Å².